The van der Waals surface area contributed by atoms with Crippen LogP contribution < -0.4 is 5.73 Å². The molecule has 1 fully saturated rings. The molecule has 4 nitrogen and oxygen atoms in total. The highest BCUT2D eigenvalue weighted by molar-refractivity contribution is 5.13. The molecule has 0 radical (unpaired) electrons. The van der Waals surface area contributed by atoms with Gasteiger partial charge in [-0.2, -0.15) is 5.10 Å². The summed E-state index contributed by atoms with van der Waals surface area (Å²) in [5.74, 6) is 0. The van der Waals surface area contributed by atoms with Crippen LogP contribution in [0.3, 0.4) is 0 Å². The quantitative estimate of drug-likeness (QED) is 0.874. The van der Waals surface area contributed by atoms with Crippen LogP contribution in [0.1, 0.15) is 50.8 Å². The molecular formula is C13H23N3O. The summed E-state index contributed by atoms with van der Waals surface area (Å²) in [4.78, 5) is 0. The summed E-state index contributed by atoms with van der Waals surface area (Å²) >= 11 is 0. The van der Waals surface area contributed by atoms with Gasteiger partial charge >= 0.3 is 0 Å². The number of hydrogen-bond acceptors (Lipinski definition) is 3. The van der Waals surface area contributed by atoms with Crippen LogP contribution in [0.25, 0.3) is 0 Å². The molecule has 1 saturated carbocycles. The maximum Gasteiger partial charge on any atom is 0.0885 e. The van der Waals surface area contributed by atoms with Gasteiger partial charge in [0.05, 0.1) is 17.3 Å². The number of nitrogens with two attached hydrogens (primary N) is 1. The highest BCUT2D eigenvalue weighted by Gasteiger charge is 2.40. The summed E-state index contributed by atoms with van der Waals surface area (Å²) in [5.41, 5.74) is 7.35. The maximum absolute atomic E-state index is 6.45. The van der Waals surface area contributed by atoms with Gasteiger partial charge in [-0.05, 0) is 25.8 Å². The Morgan fingerprint density at radius 1 is 1.47 bits per heavy atom. The number of ether oxygens (including phenoxy) is 1. The summed E-state index contributed by atoms with van der Waals surface area (Å²) in [7, 11) is 1.79. The van der Waals surface area contributed by atoms with Gasteiger partial charge in [0.25, 0.3) is 0 Å². The largest absolute Gasteiger partial charge is 0.376 e. The molecule has 96 valence electrons. The molecular weight excluding hydrogens is 214 g/mol. The van der Waals surface area contributed by atoms with Crippen molar-refractivity contribution in [1.82, 2.24) is 9.78 Å². The molecule has 1 aliphatic rings. The lowest BCUT2D eigenvalue weighted by molar-refractivity contribution is -0.0612. The van der Waals surface area contributed by atoms with Gasteiger partial charge in [-0.3, -0.25) is 4.68 Å². The van der Waals surface area contributed by atoms with Gasteiger partial charge in [0.15, 0.2) is 0 Å². The summed E-state index contributed by atoms with van der Waals surface area (Å²) in [6.45, 7) is 2.94. The number of nitrogens with zero attached hydrogens (tertiary/aromatic N) is 2. The number of hydrogen-bond donors (Lipinski definition) is 1. The Labute approximate surface area is 103 Å². The molecule has 1 aromatic rings. The molecule has 1 atom stereocenters. The van der Waals surface area contributed by atoms with Crippen molar-refractivity contribution < 1.29 is 4.74 Å². The summed E-state index contributed by atoms with van der Waals surface area (Å²) in [5, 5.41) is 4.30. The van der Waals surface area contributed by atoms with Crippen molar-refractivity contribution >= 4 is 0 Å². The van der Waals surface area contributed by atoms with Crippen molar-refractivity contribution in [2.75, 3.05) is 7.11 Å². The molecule has 1 unspecified atom stereocenters. The number of aryl methyl sites for hydroxylation is 1. The van der Waals surface area contributed by atoms with Crippen molar-refractivity contribution in [3.63, 3.8) is 0 Å². The minimum absolute atomic E-state index is 0.0738. The monoisotopic (exact) mass is 237 g/mol. The summed E-state index contributed by atoms with van der Waals surface area (Å²) in [6, 6.07) is 1.94. The smallest absolute Gasteiger partial charge is 0.0885 e. The molecule has 1 aliphatic carbocycles. The third-order valence-corrected chi connectivity index (χ3v) is 4.04. The van der Waals surface area contributed by atoms with Crippen molar-refractivity contribution in [3.05, 3.63) is 18.0 Å². The van der Waals surface area contributed by atoms with E-state index in [9.17, 15) is 0 Å². The lowest BCUT2D eigenvalue weighted by atomic mass is 9.78. The first-order valence-electron chi connectivity index (χ1n) is 6.56. The first-order valence-corrected chi connectivity index (χ1v) is 6.56. The zero-order chi connectivity index (χ0) is 12.3. The number of methoxy groups -OCH3 is 1. The van der Waals surface area contributed by atoms with E-state index in [2.05, 4.69) is 12.0 Å². The second-order valence-electron chi connectivity index (χ2n) is 4.88. The number of aromatic nitrogens is 2. The zero-order valence-corrected chi connectivity index (χ0v) is 10.9. The Bertz CT molecular complexity index is 355. The first kappa shape index (κ1) is 12.6. The molecule has 0 aliphatic heterocycles. The van der Waals surface area contributed by atoms with Gasteiger partial charge in [0, 0.05) is 19.9 Å². The van der Waals surface area contributed by atoms with E-state index in [1.165, 1.54) is 19.3 Å². The SMILES string of the molecule is CCn1nccc1C(N)C1(OC)CCCCC1. The lowest BCUT2D eigenvalue weighted by Gasteiger charge is -2.40. The first-order chi connectivity index (χ1) is 8.23. The molecule has 2 N–H and O–H groups in total. The number of rotatable bonds is 4. The van der Waals surface area contributed by atoms with E-state index in [4.69, 9.17) is 10.5 Å². The maximum atomic E-state index is 6.45. The highest BCUT2D eigenvalue weighted by Crippen LogP contribution is 2.39. The second kappa shape index (κ2) is 5.19. The van der Waals surface area contributed by atoms with Crippen LogP contribution >= 0.6 is 0 Å². The van der Waals surface area contributed by atoms with Crippen molar-refractivity contribution in [3.8, 4) is 0 Å². The predicted octanol–water partition coefficient (Wildman–Crippen LogP) is 2.25. The highest BCUT2D eigenvalue weighted by atomic mass is 16.5. The molecule has 0 saturated heterocycles. The molecule has 1 aromatic heterocycles. The average Bonchev–Trinajstić information content (AvgIpc) is 2.86. The minimum atomic E-state index is -0.189. The average molecular weight is 237 g/mol. The van der Waals surface area contributed by atoms with E-state index in [1.807, 2.05) is 16.9 Å². The Kier molecular flexibility index (Phi) is 3.84. The van der Waals surface area contributed by atoms with Crippen LogP contribution in [0.15, 0.2) is 12.3 Å². The van der Waals surface area contributed by atoms with Crippen molar-refractivity contribution in [2.24, 2.45) is 5.73 Å². The normalized spacial score (nSPS) is 21.4. The molecule has 2 rings (SSSR count). The summed E-state index contributed by atoms with van der Waals surface area (Å²) in [6.07, 6.45) is 7.65. The zero-order valence-electron chi connectivity index (χ0n) is 10.9. The van der Waals surface area contributed by atoms with Crippen LogP contribution in [-0.4, -0.2) is 22.5 Å². The predicted molar refractivity (Wildman–Crippen MR) is 67.7 cm³/mol. The van der Waals surface area contributed by atoms with Crippen LogP contribution in [0.2, 0.25) is 0 Å². The van der Waals surface area contributed by atoms with E-state index < -0.39 is 0 Å². The minimum Gasteiger partial charge on any atom is -0.376 e. The molecule has 0 spiro atoms. The fourth-order valence-electron chi connectivity index (χ4n) is 2.93. The Hall–Kier alpha value is -0.870. The van der Waals surface area contributed by atoms with Gasteiger partial charge in [-0.15, -0.1) is 0 Å². The van der Waals surface area contributed by atoms with E-state index in [0.29, 0.717) is 0 Å². The van der Waals surface area contributed by atoms with Crippen LogP contribution in [-0.2, 0) is 11.3 Å². The Morgan fingerprint density at radius 2 is 2.18 bits per heavy atom. The van der Waals surface area contributed by atoms with E-state index in [1.54, 1.807) is 7.11 Å². The third kappa shape index (κ3) is 2.24. The summed E-state index contributed by atoms with van der Waals surface area (Å²) < 4.78 is 7.77. The molecule has 0 aromatic carbocycles. The van der Waals surface area contributed by atoms with Gasteiger partial charge in [-0.25, -0.2) is 0 Å². The van der Waals surface area contributed by atoms with E-state index in [0.717, 1.165) is 25.1 Å². The second-order valence-corrected chi connectivity index (χ2v) is 4.88. The topological polar surface area (TPSA) is 53.1 Å². The van der Waals surface area contributed by atoms with Crippen molar-refractivity contribution in [2.45, 2.75) is 57.2 Å². The Morgan fingerprint density at radius 3 is 2.76 bits per heavy atom. The molecule has 17 heavy (non-hydrogen) atoms. The lowest BCUT2D eigenvalue weighted by Crippen LogP contribution is -2.45. The molecule has 0 bridgehead atoms. The molecule has 0 amide bonds. The van der Waals surface area contributed by atoms with Gasteiger partial charge < -0.3 is 10.5 Å². The van der Waals surface area contributed by atoms with E-state index in [-0.39, 0.29) is 11.6 Å². The van der Waals surface area contributed by atoms with Gasteiger partial charge in [-0.1, -0.05) is 19.3 Å². The van der Waals surface area contributed by atoms with E-state index >= 15 is 0 Å². The van der Waals surface area contributed by atoms with Crippen LogP contribution in [0, 0.1) is 0 Å². The fraction of sp³-hybridized carbons (Fsp3) is 0.769. The van der Waals surface area contributed by atoms with Gasteiger partial charge in [0.2, 0.25) is 0 Å². The Balaban J connectivity index is 2.24. The molecule has 1 heterocycles. The van der Waals surface area contributed by atoms with Crippen LogP contribution in [0.4, 0.5) is 0 Å². The molecule has 4 heteroatoms. The standard InChI is InChI=1S/C13H23N3O/c1-3-16-11(7-10-15-16)12(14)13(17-2)8-5-4-6-9-13/h7,10,12H,3-6,8-9,14H2,1-2H3. The fourth-order valence-corrected chi connectivity index (χ4v) is 2.93. The third-order valence-electron chi connectivity index (χ3n) is 4.04. The van der Waals surface area contributed by atoms with Gasteiger partial charge in [0.1, 0.15) is 0 Å². The van der Waals surface area contributed by atoms with Crippen molar-refractivity contribution in [1.29, 1.82) is 0 Å². The van der Waals surface area contributed by atoms with Crippen LogP contribution in [0.5, 0.6) is 0 Å².